The summed E-state index contributed by atoms with van der Waals surface area (Å²) in [5.74, 6) is 0.425. The third kappa shape index (κ3) is 6.69. The number of thioether (sulfide) groups is 1. The lowest BCUT2D eigenvalue weighted by molar-refractivity contribution is -0.118. The van der Waals surface area contributed by atoms with Crippen molar-refractivity contribution in [3.63, 3.8) is 0 Å². The molecule has 1 fully saturated rings. The summed E-state index contributed by atoms with van der Waals surface area (Å²) in [6.07, 6.45) is 4.91. The van der Waals surface area contributed by atoms with Gasteiger partial charge in [-0.15, -0.1) is 11.8 Å². The van der Waals surface area contributed by atoms with Gasteiger partial charge >= 0.3 is 0 Å². The van der Waals surface area contributed by atoms with Crippen LogP contribution in [-0.4, -0.2) is 42.7 Å². The van der Waals surface area contributed by atoms with Crippen LogP contribution in [0.5, 0.6) is 0 Å². The van der Waals surface area contributed by atoms with Crippen LogP contribution in [0.1, 0.15) is 31.2 Å². The average molecular weight is 359 g/mol. The van der Waals surface area contributed by atoms with Crippen LogP contribution in [0.4, 0.5) is 4.39 Å². The predicted octanol–water partition coefficient (Wildman–Crippen LogP) is 3.70. The summed E-state index contributed by atoms with van der Waals surface area (Å²) in [5, 5.41) is 3.34. The normalized spacial score (nSPS) is 15.6. The Bertz CT molecular complexity index is 489. The third-order valence-corrected chi connectivity index (χ3v) is 5.28. The van der Waals surface area contributed by atoms with Crippen LogP contribution in [0.2, 0.25) is 5.02 Å². The summed E-state index contributed by atoms with van der Waals surface area (Å²) in [7, 11) is 0. The molecule has 1 N–H and O–H groups in total. The molecule has 1 aliphatic rings. The number of nitrogens with one attached hydrogen (secondary N) is 1. The van der Waals surface area contributed by atoms with Gasteiger partial charge in [0.05, 0.1) is 5.75 Å². The highest BCUT2D eigenvalue weighted by molar-refractivity contribution is 7.99. The molecule has 1 saturated heterocycles. The Labute approximate surface area is 147 Å². The molecule has 1 aromatic carbocycles. The van der Waals surface area contributed by atoms with Gasteiger partial charge in [0.15, 0.2) is 0 Å². The van der Waals surface area contributed by atoms with Crippen molar-refractivity contribution in [2.45, 2.75) is 31.4 Å². The zero-order chi connectivity index (χ0) is 16.5. The highest BCUT2D eigenvalue weighted by atomic mass is 35.5. The SMILES string of the molecule is O=C(CSCc1c(F)cccc1Cl)NCCCN1CCCCC1. The maximum atomic E-state index is 13.6. The number of hydrogen-bond donors (Lipinski definition) is 1. The second-order valence-corrected chi connectivity index (χ2v) is 7.19. The fraction of sp³-hybridized carbons (Fsp3) is 0.588. The van der Waals surface area contributed by atoms with Gasteiger partial charge in [0.25, 0.3) is 0 Å². The summed E-state index contributed by atoms with van der Waals surface area (Å²) < 4.78 is 13.6. The van der Waals surface area contributed by atoms with Crippen LogP contribution in [0, 0.1) is 5.82 Å². The highest BCUT2D eigenvalue weighted by Crippen LogP contribution is 2.23. The first-order valence-electron chi connectivity index (χ1n) is 8.16. The first kappa shape index (κ1) is 18.6. The van der Waals surface area contributed by atoms with Crippen molar-refractivity contribution in [3.05, 3.63) is 34.6 Å². The van der Waals surface area contributed by atoms with Crippen LogP contribution >= 0.6 is 23.4 Å². The molecule has 2 rings (SSSR count). The number of carbonyl (C=O) groups is 1. The molecule has 128 valence electrons. The van der Waals surface area contributed by atoms with E-state index in [-0.39, 0.29) is 11.7 Å². The Kier molecular flexibility index (Phi) is 8.20. The van der Waals surface area contributed by atoms with Crippen molar-refractivity contribution in [1.82, 2.24) is 10.2 Å². The number of rotatable bonds is 8. The van der Waals surface area contributed by atoms with E-state index in [9.17, 15) is 9.18 Å². The molecule has 23 heavy (non-hydrogen) atoms. The fourth-order valence-corrected chi connectivity index (χ4v) is 3.88. The molecule has 0 radical (unpaired) electrons. The van der Waals surface area contributed by atoms with E-state index < -0.39 is 0 Å². The molecule has 1 heterocycles. The zero-order valence-electron chi connectivity index (χ0n) is 13.3. The van der Waals surface area contributed by atoms with Crippen LogP contribution in [0.3, 0.4) is 0 Å². The van der Waals surface area contributed by atoms with E-state index in [1.807, 2.05) is 0 Å². The molecular formula is C17H24ClFN2OS. The Morgan fingerprint density at radius 3 is 2.83 bits per heavy atom. The van der Waals surface area contributed by atoms with E-state index in [2.05, 4.69) is 10.2 Å². The minimum atomic E-state index is -0.313. The number of benzene rings is 1. The maximum Gasteiger partial charge on any atom is 0.230 e. The van der Waals surface area contributed by atoms with Crippen LogP contribution < -0.4 is 5.32 Å². The van der Waals surface area contributed by atoms with Gasteiger partial charge in [0.2, 0.25) is 5.91 Å². The van der Waals surface area contributed by atoms with Gasteiger partial charge in [-0.25, -0.2) is 4.39 Å². The summed E-state index contributed by atoms with van der Waals surface area (Å²) in [4.78, 5) is 14.2. The number of amides is 1. The molecule has 0 saturated carbocycles. The van der Waals surface area contributed by atoms with E-state index >= 15 is 0 Å². The van der Waals surface area contributed by atoms with Crippen molar-refractivity contribution in [3.8, 4) is 0 Å². The smallest absolute Gasteiger partial charge is 0.230 e. The van der Waals surface area contributed by atoms with Gasteiger partial charge in [-0.2, -0.15) is 0 Å². The molecule has 0 unspecified atom stereocenters. The Balaban J connectivity index is 1.56. The number of likely N-dealkylation sites (tertiary alicyclic amines) is 1. The van der Waals surface area contributed by atoms with Gasteiger partial charge in [0, 0.05) is 22.9 Å². The fourth-order valence-electron chi connectivity index (χ4n) is 2.68. The number of carbonyl (C=O) groups excluding carboxylic acids is 1. The van der Waals surface area contributed by atoms with Gasteiger partial charge in [-0.1, -0.05) is 24.1 Å². The number of hydrogen-bond acceptors (Lipinski definition) is 3. The van der Waals surface area contributed by atoms with Crippen molar-refractivity contribution < 1.29 is 9.18 Å². The van der Waals surface area contributed by atoms with E-state index in [1.54, 1.807) is 12.1 Å². The minimum Gasteiger partial charge on any atom is -0.355 e. The molecule has 0 bridgehead atoms. The van der Waals surface area contributed by atoms with Gasteiger partial charge in [-0.05, 0) is 51.0 Å². The monoisotopic (exact) mass is 358 g/mol. The number of piperidine rings is 1. The zero-order valence-corrected chi connectivity index (χ0v) is 14.9. The van der Waals surface area contributed by atoms with Gasteiger partial charge < -0.3 is 10.2 Å². The maximum absolute atomic E-state index is 13.6. The van der Waals surface area contributed by atoms with E-state index in [4.69, 9.17) is 11.6 Å². The lowest BCUT2D eigenvalue weighted by atomic mass is 10.1. The van der Waals surface area contributed by atoms with E-state index in [0.29, 0.717) is 28.6 Å². The Morgan fingerprint density at radius 1 is 1.30 bits per heavy atom. The second kappa shape index (κ2) is 10.2. The molecule has 6 heteroatoms. The standard InChI is InChI=1S/C17H24ClFN2OS/c18-15-6-4-7-16(19)14(15)12-23-13-17(22)20-8-5-11-21-9-2-1-3-10-21/h4,6-7H,1-3,5,8-13H2,(H,20,22). The Hall–Kier alpha value is -0.780. The largest absolute Gasteiger partial charge is 0.355 e. The molecule has 0 atom stereocenters. The molecule has 3 nitrogen and oxygen atoms in total. The average Bonchev–Trinajstić information content (AvgIpc) is 2.55. The number of halogens is 2. The van der Waals surface area contributed by atoms with E-state index in [1.165, 1.54) is 50.2 Å². The molecule has 0 aliphatic carbocycles. The summed E-state index contributed by atoms with van der Waals surface area (Å²) in [6, 6.07) is 4.64. The topological polar surface area (TPSA) is 32.3 Å². The third-order valence-electron chi connectivity index (χ3n) is 3.96. The lowest BCUT2D eigenvalue weighted by Gasteiger charge is -2.26. The molecular weight excluding hydrogens is 335 g/mol. The van der Waals surface area contributed by atoms with Gasteiger partial charge in [0.1, 0.15) is 5.82 Å². The van der Waals surface area contributed by atoms with Crippen molar-refractivity contribution in [1.29, 1.82) is 0 Å². The molecule has 0 spiro atoms. The summed E-state index contributed by atoms with van der Waals surface area (Å²) in [5.41, 5.74) is 0.470. The van der Waals surface area contributed by atoms with Crippen LogP contribution in [0.15, 0.2) is 18.2 Å². The van der Waals surface area contributed by atoms with Crippen molar-refractivity contribution >= 4 is 29.3 Å². The van der Waals surface area contributed by atoms with Crippen molar-refractivity contribution in [2.75, 3.05) is 31.9 Å². The van der Waals surface area contributed by atoms with Gasteiger partial charge in [-0.3, -0.25) is 4.79 Å². The predicted molar refractivity (Wildman–Crippen MR) is 95.5 cm³/mol. The second-order valence-electron chi connectivity index (χ2n) is 5.80. The van der Waals surface area contributed by atoms with E-state index in [0.717, 1.165) is 13.0 Å². The Morgan fingerprint density at radius 2 is 2.09 bits per heavy atom. The summed E-state index contributed by atoms with van der Waals surface area (Å²) >= 11 is 7.34. The number of nitrogens with zero attached hydrogens (tertiary/aromatic N) is 1. The lowest BCUT2D eigenvalue weighted by Crippen LogP contribution is -2.33. The van der Waals surface area contributed by atoms with Crippen LogP contribution in [0.25, 0.3) is 0 Å². The molecule has 0 aromatic heterocycles. The first-order valence-corrected chi connectivity index (χ1v) is 9.70. The quantitative estimate of drug-likeness (QED) is 0.719. The van der Waals surface area contributed by atoms with Crippen LogP contribution in [-0.2, 0) is 10.5 Å². The molecule has 1 aliphatic heterocycles. The molecule has 1 aromatic rings. The first-order chi connectivity index (χ1) is 11.2. The summed E-state index contributed by atoms with van der Waals surface area (Å²) in [6.45, 7) is 4.13. The molecule has 1 amide bonds. The highest BCUT2D eigenvalue weighted by Gasteiger charge is 2.10. The van der Waals surface area contributed by atoms with Crippen molar-refractivity contribution in [2.24, 2.45) is 0 Å². The minimum absolute atomic E-state index is 0.00102.